The first-order valence-electron chi connectivity index (χ1n) is 5.04. The number of rotatable bonds is 7. The summed E-state index contributed by atoms with van der Waals surface area (Å²) < 4.78 is 17.7. The molecule has 0 aromatic heterocycles. The SMILES string of the molecule is NC(=O)COCCNc1ccc(F)cc1[N+](=O)[O-]. The van der Waals surface area contributed by atoms with Crippen LogP contribution in [0.3, 0.4) is 0 Å². The molecule has 0 saturated heterocycles. The molecule has 1 aromatic rings. The normalized spacial score (nSPS) is 10.1. The van der Waals surface area contributed by atoms with Gasteiger partial charge in [0.2, 0.25) is 5.91 Å². The fourth-order valence-electron chi connectivity index (χ4n) is 1.24. The Labute approximate surface area is 102 Å². The van der Waals surface area contributed by atoms with Crippen LogP contribution in [0.4, 0.5) is 15.8 Å². The summed E-state index contributed by atoms with van der Waals surface area (Å²) in [6, 6.07) is 3.20. The molecule has 1 rings (SSSR count). The van der Waals surface area contributed by atoms with Crippen LogP contribution in [-0.4, -0.2) is 30.6 Å². The van der Waals surface area contributed by atoms with Crippen LogP contribution in [0, 0.1) is 15.9 Å². The van der Waals surface area contributed by atoms with Gasteiger partial charge in [-0.15, -0.1) is 0 Å². The Morgan fingerprint density at radius 3 is 2.89 bits per heavy atom. The molecule has 98 valence electrons. The zero-order valence-electron chi connectivity index (χ0n) is 9.39. The zero-order valence-corrected chi connectivity index (χ0v) is 9.39. The number of amides is 1. The summed E-state index contributed by atoms with van der Waals surface area (Å²) in [7, 11) is 0. The molecule has 0 heterocycles. The van der Waals surface area contributed by atoms with Gasteiger partial charge < -0.3 is 15.8 Å². The van der Waals surface area contributed by atoms with Crippen molar-refractivity contribution in [1.82, 2.24) is 0 Å². The Bertz CT molecular complexity index is 453. The number of nitro benzene ring substituents is 1. The van der Waals surface area contributed by atoms with E-state index in [1.165, 1.54) is 6.07 Å². The first-order valence-corrected chi connectivity index (χ1v) is 5.04. The molecule has 0 radical (unpaired) electrons. The zero-order chi connectivity index (χ0) is 13.5. The molecule has 8 heteroatoms. The number of anilines is 1. The molecule has 0 aliphatic carbocycles. The molecule has 18 heavy (non-hydrogen) atoms. The fourth-order valence-corrected chi connectivity index (χ4v) is 1.24. The summed E-state index contributed by atoms with van der Waals surface area (Å²) in [5.41, 5.74) is 4.68. The third-order valence-electron chi connectivity index (χ3n) is 1.96. The van der Waals surface area contributed by atoms with Crippen molar-refractivity contribution in [3.63, 3.8) is 0 Å². The Hall–Kier alpha value is -2.22. The predicted molar refractivity (Wildman–Crippen MR) is 61.6 cm³/mol. The second-order valence-corrected chi connectivity index (χ2v) is 3.36. The number of benzene rings is 1. The molecular weight excluding hydrogens is 245 g/mol. The number of hydrogen-bond donors (Lipinski definition) is 2. The first-order chi connectivity index (χ1) is 8.50. The van der Waals surface area contributed by atoms with Crippen LogP contribution in [0.15, 0.2) is 18.2 Å². The smallest absolute Gasteiger partial charge is 0.295 e. The van der Waals surface area contributed by atoms with E-state index in [1.807, 2.05) is 0 Å². The Balaban J connectivity index is 2.51. The van der Waals surface area contributed by atoms with E-state index in [0.717, 1.165) is 12.1 Å². The Morgan fingerprint density at radius 2 is 2.28 bits per heavy atom. The van der Waals surface area contributed by atoms with E-state index in [1.54, 1.807) is 0 Å². The van der Waals surface area contributed by atoms with Crippen molar-refractivity contribution in [2.45, 2.75) is 0 Å². The van der Waals surface area contributed by atoms with Gasteiger partial charge in [0.15, 0.2) is 0 Å². The fraction of sp³-hybridized carbons (Fsp3) is 0.300. The topological polar surface area (TPSA) is 107 Å². The van der Waals surface area contributed by atoms with Crippen LogP contribution in [0.2, 0.25) is 0 Å². The van der Waals surface area contributed by atoms with Crippen molar-refractivity contribution in [3.05, 3.63) is 34.1 Å². The molecular formula is C10H12FN3O4. The molecule has 0 fully saturated rings. The number of carbonyl (C=O) groups excluding carboxylic acids is 1. The summed E-state index contributed by atoms with van der Waals surface area (Å²) in [5, 5.41) is 13.4. The maximum absolute atomic E-state index is 12.8. The molecule has 0 bridgehead atoms. The Kier molecular flexibility index (Phi) is 5.00. The van der Waals surface area contributed by atoms with Gasteiger partial charge in [-0.25, -0.2) is 4.39 Å². The number of primary amides is 1. The second-order valence-electron chi connectivity index (χ2n) is 3.36. The molecule has 0 aliphatic rings. The molecule has 3 N–H and O–H groups in total. The highest BCUT2D eigenvalue weighted by molar-refractivity contribution is 5.74. The summed E-state index contributed by atoms with van der Waals surface area (Å²) in [6.07, 6.45) is 0. The lowest BCUT2D eigenvalue weighted by Gasteiger charge is -2.07. The van der Waals surface area contributed by atoms with Crippen molar-refractivity contribution in [2.24, 2.45) is 5.73 Å². The van der Waals surface area contributed by atoms with Crippen molar-refractivity contribution < 1.29 is 18.8 Å². The Morgan fingerprint density at radius 1 is 1.56 bits per heavy atom. The standard InChI is InChI=1S/C10H12FN3O4/c11-7-1-2-8(9(5-7)14(16)17)13-3-4-18-6-10(12)15/h1-2,5,13H,3-4,6H2,(H2,12,15). The quantitative estimate of drug-likeness (QED) is 0.423. The van der Waals surface area contributed by atoms with Gasteiger partial charge in [-0.05, 0) is 12.1 Å². The number of carbonyl (C=O) groups is 1. The van der Waals surface area contributed by atoms with Crippen molar-refractivity contribution >= 4 is 17.3 Å². The lowest BCUT2D eigenvalue weighted by Crippen LogP contribution is -2.20. The van der Waals surface area contributed by atoms with E-state index < -0.39 is 16.6 Å². The summed E-state index contributed by atoms with van der Waals surface area (Å²) in [6.45, 7) is 0.171. The van der Waals surface area contributed by atoms with Gasteiger partial charge in [-0.2, -0.15) is 0 Å². The van der Waals surface area contributed by atoms with E-state index >= 15 is 0 Å². The van der Waals surface area contributed by atoms with Crippen LogP contribution < -0.4 is 11.1 Å². The minimum absolute atomic E-state index is 0.150. The number of hydrogen-bond acceptors (Lipinski definition) is 5. The van der Waals surface area contributed by atoms with Crippen LogP contribution in [-0.2, 0) is 9.53 Å². The molecule has 0 atom stereocenters. The largest absolute Gasteiger partial charge is 0.377 e. The van der Waals surface area contributed by atoms with Gasteiger partial charge >= 0.3 is 0 Å². The monoisotopic (exact) mass is 257 g/mol. The molecule has 0 aliphatic heterocycles. The minimum Gasteiger partial charge on any atom is -0.377 e. The van der Waals surface area contributed by atoms with Crippen molar-refractivity contribution in [3.8, 4) is 0 Å². The van der Waals surface area contributed by atoms with Gasteiger partial charge in [0.1, 0.15) is 18.1 Å². The molecule has 0 spiro atoms. The highest BCUT2D eigenvalue weighted by Gasteiger charge is 2.14. The van der Waals surface area contributed by atoms with Gasteiger partial charge in [0, 0.05) is 6.54 Å². The summed E-state index contributed by atoms with van der Waals surface area (Å²) >= 11 is 0. The second kappa shape index (κ2) is 6.50. The predicted octanol–water partition coefficient (Wildman–Crippen LogP) is 0.648. The average Bonchev–Trinajstić information content (AvgIpc) is 2.29. The van der Waals surface area contributed by atoms with Crippen LogP contribution in [0.1, 0.15) is 0 Å². The van der Waals surface area contributed by atoms with Crippen LogP contribution in [0.25, 0.3) is 0 Å². The lowest BCUT2D eigenvalue weighted by molar-refractivity contribution is -0.384. The number of nitrogens with zero attached hydrogens (tertiary/aromatic N) is 1. The molecule has 0 unspecified atom stereocenters. The lowest BCUT2D eigenvalue weighted by atomic mass is 10.2. The van der Waals surface area contributed by atoms with E-state index in [-0.39, 0.29) is 31.1 Å². The third-order valence-corrected chi connectivity index (χ3v) is 1.96. The maximum atomic E-state index is 12.8. The van der Waals surface area contributed by atoms with Crippen LogP contribution in [0.5, 0.6) is 0 Å². The van der Waals surface area contributed by atoms with Gasteiger partial charge in [-0.3, -0.25) is 14.9 Å². The van der Waals surface area contributed by atoms with Crippen molar-refractivity contribution in [1.29, 1.82) is 0 Å². The van der Waals surface area contributed by atoms with E-state index in [0.29, 0.717) is 0 Å². The number of nitrogens with two attached hydrogens (primary N) is 1. The number of nitro groups is 1. The highest BCUT2D eigenvalue weighted by atomic mass is 19.1. The minimum atomic E-state index is -0.685. The maximum Gasteiger partial charge on any atom is 0.295 e. The van der Waals surface area contributed by atoms with E-state index in [2.05, 4.69) is 5.32 Å². The first kappa shape index (κ1) is 13.8. The molecule has 1 aromatic carbocycles. The summed E-state index contributed by atoms with van der Waals surface area (Å²) in [4.78, 5) is 20.3. The van der Waals surface area contributed by atoms with Gasteiger partial charge in [-0.1, -0.05) is 0 Å². The third kappa shape index (κ3) is 4.34. The number of nitrogens with one attached hydrogen (secondary N) is 1. The van der Waals surface area contributed by atoms with Crippen molar-refractivity contribution in [2.75, 3.05) is 25.1 Å². The molecule has 1 amide bonds. The van der Waals surface area contributed by atoms with Gasteiger partial charge in [0.25, 0.3) is 5.69 Å². The summed E-state index contributed by atoms with van der Waals surface area (Å²) in [5.74, 6) is -1.28. The number of ether oxygens (including phenoxy) is 1. The highest BCUT2D eigenvalue weighted by Crippen LogP contribution is 2.24. The van der Waals surface area contributed by atoms with Gasteiger partial charge in [0.05, 0.1) is 17.6 Å². The van der Waals surface area contributed by atoms with Crippen LogP contribution >= 0.6 is 0 Å². The number of halogens is 1. The van der Waals surface area contributed by atoms with E-state index in [4.69, 9.17) is 10.5 Å². The molecule has 0 saturated carbocycles. The average molecular weight is 257 g/mol. The van der Waals surface area contributed by atoms with E-state index in [9.17, 15) is 19.3 Å². The molecule has 7 nitrogen and oxygen atoms in total.